The molecule has 32 heavy (non-hydrogen) atoms. The fraction of sp³-hybridized carbons (Fsp3) is 0.667. The zero-order valence-corrected chi connectivity index (χ0v) is 20.5. The van der Waals surface area contributed by atoms with E-state index < -0.39 is 36.5 Å². The summed E-state index contributed by atoms with van der Waals surface area (Å²) in [7, 11) is -3.88. The maximum atomic E-state index is 13.0. The Labute approximate surface area is 194 Å². The summed E-state index contributed by atoms with van der Waals surface area (Å²) in [6.45, 7) is 7.21. The van der Waals surface area contributed by atoms with Crippen LogP contribution < -0.4 is 5.73 Å². The monoisotopic (exact) mass is 505 g/mol. The predicted octanol–water partition coefficient (Wildman–Crippen LogP) is 3.15. The van der Waals surface area contributed by atoms with E-state index in [1.54, 1.807) is 11.5 Å². The van der Waals surface area contributed by atoms with E-state index >= 15 is 0 Å². The number of thioether (sulfide) groups is 1. The highest BCUT2D eigenvalue weighted by molar-refractivity contribution is 8.13. The number of phosphoric acid groups is 1. The number of hydrogen-bond donors (Lipinski definition) is 1. The molecule has 0 bridgehead atoms. The Hall–Kier alpha value is -1.27. The highest BCUT2D eigenvalue weighted by atomic mass is 35.5. The van der Waals surface area contributed by atoms with Gasteiger partial charge in [0, 0.05) is 11.2 Å². The number of alkyl halides is 1. The standard InChI is InChI=1S/C18H25ClN5O6PS/c1-17(2,3)16(25)32-6-5-27-31(26)28-7-10-12(30-31)18(4,19)15(29-10)24-9-23-11-13(20)21-8-22-14(11)24/h8-10,12,15H,5-7H2,1-4H3,(H2,20,21,22)/t10-,12-,15-,18-,31+/m1/s1. The van der Waals surface area contributed by atoms with Crippen LogP contribution in [0.25, 0.3) is 11.2 Å². The molecule has 2 fully saturated rings. The van der Waals surface area contributed by atoms with Gasteiger partial charge in [-0.15, -0.1) is 11.6 Å². The van der Waals surface area contributed by atoms with Gasteiger partial charge in [0.05, 0.1) is 19.5 Å². The minimum atomic E-state index is -3.88. The number of carbonyl (C=O) groups is 1. The largest absolute Gasteiger partial charge is 0.475 e. The lowest BCUT2D eigenvalue weighted by Gasteiger charge is -2.34. The van der Waals surface area contributed by atoms with Crippen LogP contribution in [0.5, 0.6) is 0 Å². The lowest BCUT2D eigenvalue weighted by molar-refractivity contribution is -0.117. The molecular weight excluding hydrogens is 481 g/mol. The summed E-state index contributed by atoms with van der Waals surface area (Å²) in [6.07, 6.45) is 0.733. The Morgan fingerprint density at radius 2 is 2.19 bits per heavy atom. The number of nitrogens with zero attached hydrogens (tertiary/aromatic N) is 4. The molecule has 11 nitrogen and oxygen atoms in total. The van der Waals surface area contributed by atoms with E-state index in [4.69, 9.17) is 35.6 Å². The number of phosphoric ester groups is 1. The lowest BCUT2D eigenvalue weighted by atomic mass is 10.00. The number of rotatable bonds is 5. The van der Waals surface area contributed by atoms with E-state index in [1.807, 2.05) is 20.8 Å². The van der Waals surface area contributed by atoms with E-state index in [-0.39, 0.29) is 24.1 Å². The van der Waals surface area contributed by atoms with Gasteiger partial charge in [-0.05, 0) is 6.92 Å². The summed E-state index contributed by atoms with van der Waals surface area (Å²) in [4.78, 5) is 23.3. The third kappa shape index (κ3) is 4.42. The van der Waals surface area contributed by atoms with E-state index in [0.29, 0.717) is 16.9 Å². The number of nitrogens with two attached hydrogens (primary N) is 1. The Balaban J connectivity index is 1.45. The Morgan fingerprint density at radius 1 is 1.44 bits per heavy atom. The Kier molecular flexibility index (Phi) is 6.34. The van der Waals surface area contributed by atoms with Crippen LogP contribution in [0.15, 0.2) is 12.7 Å². The molecule has 0 radical (unpaired) electrons. The zero-order chi connectivity index (χ0) is 23.3. The first kappa shape index (κ1) is 23.9. The van der Waals surface area contributed by atoms with Crippen LogP contribution >= 0.6 is 31.2 Å². The van der Waals surface area contributed by atoms with Gasteiger partial charge in [-0.25, -0.2) is 19.5 Å². The quantitative estimate of drug-likeness (QED) is 0.364. The average molecular weight is 506 g/mol. The number of anilines is 1. The molecule has 0 amide bonds. The van der Waals surface area contributed by atoms with Crippen LogP contribution in [-0.4, -0.2) is 60.7 Å². The fourth-order valence-electron chi connectivity index (χ4n) is 3.45. The van der Waals surface area contributed by atoms with Gasteiger partial charge < -0.3 is 10.5 Å². The molecule has 5 atom stereocenters. The van der Waals surface area contributed by atoms with E-state index in [1.165, 1.54) is 12.7 Å². The first-order valence-corrected chi connectivity index (χ1v) is 12.8. The van der Waals surface area contributed by atoms with E-state index in [9.17, 15) is 9.36 Å². The first-order chi connectivity index (χ1) is 14.9. The van der Waals surface area contributed by atoms with Crippen molar-refractivity contribution in [2.45, 2.75) is 51.0 Å². The van der Waals surface area contributed by atoms with Crippen LogP contribution in [0.3, 0.4) is 0 Å². The Bertz CT molecular complexity index is 1080. The number of aromatic nitrogens is 4. The van der Waals surface area contributed by atoms with Crippen molar-refractivity contribution < 1.29 is 27.7 Å². The van der Waals surface area contributed by atoms with Gasteiger partial charge in [0.1, 0.15) is 28.9 Å². The number of fused-ring (bicyclic) bond motifs is 2. The summed E-state index contributed by atoms with van der Waals surface area (Å²) in [5, 5.41) is 0.0160. The normalized spacial score (nSPS) is 32.8. The van der Waals surface area contributed by atoms with Crippen LogP contribution in [-0.2, 0) is 27.7 Å². The van der Waals surface area contributed by atoms with Crippen molar-refractivity contribution >= 4 is 53.3 Å². The molecule has 2 aliphatic rings. The third-order valence-electron chi connectivity index (χ3n) is 5.14. The fourth-order valence-corrected chi connectivity index (χ4v) is 6.24. The molecule has 2 N–H and O–H groups in total. The second kappa shape index (κ2) is 8.50. The summed E-state index contributed by atoms with van der Waals surface area (Å²) >= 11 is 7.98. The molecule has 2 aromatic heterocycles. The molecule has 2 aromatic rings. The highest BCUT2D eigenvalue weighted by Crippen LogP contribution is 2.60. The van der Waals surface area contributed by atoms with Gasteiger partial charge in [0.15, 0.2) is 22.8 Å². The zero-order valence-electron chi connectivity index (χ0n) is 18.1. The van der Waals surface area contributed by atoms with Crippen molar-refractivity contribution in [1.82, 2.24) is 19.5 Å². The number of hydrogen-bond acceptors (Lipinski definition) is 11. The maximum Gasteiger partial charge on any atom is 0.475 e. The average Bonchev–Trinajstić information content (AvgIpc) is 3.24. The van der Waals surface area contributed by atoms with Gasteiger partial charge in [0.2, 0.25) is 0 Å². The molecule has 0 aromatic carbocycles. The van der Waals surface area contributed by atoms with Crippen LogP contribution in [0.1, 0.15) is 33.9 Å². The molecule has 176 valence electrons. The lowest BCUT2D eigenvalue weighted by Crippen LogP contribution is -2.44. The van der Waals surface area contributed by atoms with Crippen molar-refractivity contribution in [2.24, 2.45) is 5.41 Å². The third-order valence-corrected chi connectivity index (χ3v) is 8.23. The van der Waals surface area contributed by atoms with E-state index in [0.717, 1.165) is 11.8 Å². The van der Waals surface area contributed by atoms with Gasteiger partial charge in [0.25, 0.3) is 0 Å². The molecule has 4 heterocycles. The van der Waals surface area contributed by atoms with Crippen LogP contribution in [0.2, 0.25) is 0 Å². The van der Waals surface area contributed by atoms with Crippen molar-refractivity contribution in [1.29, 1.82) is 0 Å². The number of ether oxygens (including phenoxy) is 1. The molecule has 0 saturated carbocycles. The highest BCUT2D eigenvalue weighted by Gasteiger charge is 2.60. The first-order valence-electron chi connectivity index (χ1n) is 9.94. The van der Waals surface area contributed by atoms with Crippen LogP contribution in [0, 0.1) is 5.41 Å². The van der Waals surface area contributed by atoms with Gasteiger partial charge in [-0.3, -0.25) is 22.9 Å². The molecule has 2 aliphatic heterocycles. The molecule has 0 aliphatic carbocycles. The predicted molar refractivity (Wildman–Crippen MR) is 119 cm³/mol. The van der Waals surface area contributed by atoms with Crippen molar-refractivity contribution in [3.63, 3.8) is 0 Å². The summed E-state index contributed by atoms with van der Waals surface area (Å²) in [6, 6.07) is 0. The second-order valence-corrected chi connectivity index (χ2v) is 12.3. The van der Waals surface area contributed by atoms with Crippen molar-refractivity contribution in [2.75, 3.05) is 24.7 Å². The van der Waals surface area contributed by atoms with E-state index in [2.05, 4.69) is 15.0 Å². The molecule has 4 rings (SSSR count). The molecule has 0 spiro atoms. The van der Waals surface area contributed by atoms with Gasteiger partial charge in [-0.1, -0.05) is 32.5 Å². The minimum Gasteiger partial charge on any atom is -0.382 e. The SMILES string of the molecule is CC(C)(C)C(=O)SCCO[P@@]1(=O)OC[C@H]2O[C@@H](n3cnc4c(N)ncnc43)[C@](C)(Cl)[C@@H]2O1. The van der Waals surface area contributed by atoms with Crippen molar-refractivity contribution in [3.8, 4) is 0 Å². The molecule has 2 saturated heterocycles. The minimum absolute atomic E-state index is 0.0160. The molecule has 14 heteroatoms. The topological polar surface area (TPSA) is 141 Å². The summed E-state index contributed by atoms with van der Waals surface area (Å²) in [5.41, 5.74) is 6.27. The summed E-state index contributed by atoms with van der Waals surface area (Å²) in [5.74, 6) is 0.557. The molecule has 0 unspecified atom stereocenters. The second-order valence-electron chi connectivity index (χ2n) is 8.75. The molecular formula is C18H25ClN5O6PS. The smallest absolute Gasteiger partial charge is 0.382 e. The summed E-state index contributed by atoms with van der Waals surface area (Å²) < 4.78 is 37.3. The number of halogens is 1. The van der Waals surface area contributed by atoms with Crippen LogP contribution in [0.4, 0.5) is 5.82 Å². The number of carbonyl (C=O) groups excluding carboxylic acids is 1. The number of nitrogen functional groups attached to an aromatic ring is 1. The number of imidazole rings is 1. The van der Waals surface area contributed by atoms with Crippen molar-refractivity contribution in [3.05, 3.63) is 12.7 Å². The maximum absolute atomic E-state index is 13.0. The van der Waals surface area contributed by atoms with Gasteiger partial charge in [-0.2, -0.15) is 0 Å². The Morgan fingerprint density at radius 3 is 2.91 bits per heavy atom. The van der Waals surface area contributed by atoms with Gasteiger partial charge >= 0.3 is 7.82 Å².